The molecule has 8 heteroatoms. The Balaban J connectivity index is 2.06. The van der Waals surface area contributed by atoms with Gasteiger partial charge in [0.2, 0.25) is 0 Å². The smallest absolute Gasteiger partial charge is 0.384 e. The van der Waals surface area contributed by atoms with Gasteiger partial charge in [-0.2, -0.15) is 13.2 Å². The molecule has 1 heterocycles. The van der Waals surface area contributed by atoms with Crippen LogP contribution in [0.3, 0.4) is 0 Å². The quantitative estimate of drug-likeness (QED) is 0.837. The molecule has 0 unspecified atom stereocenters. The van der Waals surface area contributed by atoms with Crippen LogP contribution < -0.4 is 10.6 Å². The van der Waals surface area contributed by atoms with E-state index in [1.807, 2.05) is 19.0 Å². The SMILES string of the molecule is CN(C)CCNc1ccnc(C(=O)Nc2cccc(C(F)(F)F)c2)c1. The van der Waals surface area contributed by atoms with E-state index in [0.717, 1.165) is 18.7 Å². The maximum atomic E-state index is 12.7. The van der Waals surface area contributed by atoms with E-state index in [9.17, 15) is 18.0 Å². The molecule has 0 radical (unpaired) electrons. The number of halogens is 3. The molecule has 2 aromatic rings. The van der Waals surface area contributed by atoms with Crippen LogP contribution in [0, 0.1) is 0 Å². The van der Waals surface area contributed by atoms with Crippen molar-refractivity contribution in [2.75, 3.05) is 37.8 Å². The summed E-state index contributed by atoms with van der Waals surface area (Å²) in [6.07, 6.45) is -2.99. The van der Waals surface area contributed by atoms with Crippen LogP contribution in [0.4, 0.5) is 24.5 Å². The summed E-state index contributed by atoms with van der Waals surface area (Å²) in [6.45, 7) is 1.50. The molecule has 134 valence electrons. The lowest BCUT2D eigenvalue weighted by atomic mass is 10.2. The number of hydrogen-bond acceptors (Lipinski definition) is 4. The highest BCUT2D eigenvalue weighted by molar-refractivity contribution is 6.03. The summed E-state index contributed by atoms with van der Waals surface area (Å²) < 4.78 is 38.2. The topological polar surface area (TPSA) is 57.3 Å². The molecule has 0 aliphatic heterocycles. The number of likely N-dealkylation sites (N-methyl/N-ethyl adjacent to an activating group) is 1. The third kappa shape index (κ3) is 5.75. The van der Waals surface area contributed by atoms with Crippen LogP contribution in [0.5, 0.6) is 0 Å². The number of nitrogens with zero attached hydrogens (tertiary/aromatic N) is 2. The molecule has 5 nitrogen and oxygen atoms in total. The van der Waals surface area contributed by atoms with Crippen LogP contribution in [0.25, 0.3) is 0 Å². The summed E-state index contributed by atoms with van der Waals surface area (Å²) in [5.74, 6) is -0.574. The molecule has 0 aliphatic rings. The molecular weight excluding hydrogens is 333 g/mol. The Hall–Kier alpha value is -2.61. The number of nitrogens with one attached hydrogen (secondary N) is 2. The summed E-state index contributed by atoms with van der Waals surface area (Å²) >= 11 is 0. The molecule has 0 atom stereocenters. The van der Waals surface area contributed by atoms with Gasteiger partial charge < -0.3 is 15.5 Å². The van der Waals surface area contributed by atoms with Gasteiger partial charge in [0.1, 0.15) is 5.69 Å². The Morgan fingerprint density at radius 2 is 1.92 bits per heavy atom. The van der Waals surface area contributed by atoms with Crippen molar-refractivity contribution < 1.29 is 18.0 Å². The normalized spacial score (nSPS) is 11.4. The van der Waals surface area contributed by atoms with Crippen LogP contribution in [0.15, 0.2) is 42.6 Å². The molecule has 1 amide bonds. The zero-order valence-electron chi connectivity index (χ0n) is 13.9. The molecular formula is C17H19F3N4O. The van der Waals surface area contributed by atoms with Gasteiger partial charge in [0.05, 0.1) is 5.56 Å². The lowest BCUT2D eigenvalue weighted by Crippen LogP contribution is -2.21. The number of alkyl halides is 3. The average Bonchev–Trinajstić information content (AvgIpc) is 2.54. The van der Waals surface area contributed by atoms with Gasteiger partial charge in [0, 0.05) is 30.7 Å². The second kappa shape index (κ2) is 7.98. The fourth-order valence-electron chi connectivity index (χ4n) is 2.06. The van der Waals surface area contributed by atoms with Crippen LogP contribution in [0.1, 0.15) is 16.1 Å². The minimum Gasteiger partial charge on any atom is -0.384 e. The zero-order valence-corrected chi connectivity index (χ0v) is 13.9. The molecule has 0 saturated heterocycles. The van der Waals surface area contributed by atoms with E-state index in [2.05, 4.69) is 15.6 Å². The summed E-state index contributed by atoms with van der Waals surface area (Å²) in [5.41, 5.74) is 0.0725. The first-order valence-corrected chi connectivity index (χ1v) is 7.59. The first kappa shape index (κ1) is 18.7. The number of pyridine rings is 1. The standard InChI is InChI=1S/C17H19F3N4O/c1-24(2)9-8-21-13-6-7-22-15(11-13)16(25)23-14-5-3-4-12(10-14)17(18,19)20/h3-7,10-11H,8-9H2,1-2H3,(H,21,22)(H,23,25). The van der Waals surface area contributed by atoms with E-state index in [-0.39, 0.29) is 11.4 Å². The fraction of sp³-hybridized carbons (Fsp3) is 0.294. The molecule has 0 bridgehead atoms. The van der Waals surface area contributed by atoms with Crippen LogP contribution in [-0.4, -0.2) is 43.0 Å². The van der Waals surface area contributed by atoms with Gasteiger partial charge in [-0.3, -0.25) is 9.78 Å². The summed E-state index contributed by atoms with van der Waals surface area (Å²) in [7, 11) is 3.89. The number of benzene rings is 1. The van der Waals surface area contributed by atoms with E-state index in [1.54, 1.807) is 12.1 Å². The van der Waals surface area contributed by atoms with Crippen molar-refractivity contribution in [1.82, 2.24) is 9.88 Å². The molecule has 1 aromatic heterocycles. The predicted octanol–water partition coefficient (Wildman–Crippen LogP) is 3.33. The summed E-state index contributed by atoms with van der Waals surface area (Å²) in [5, 5.41) is 5.59. The summed E-state index contributed by atoms with van der Waals surface area (Å²) in [4.78, 5) is 18.2. The van der Waals surface area contributed by atoms with Crippen LogP contribution >= 0.6 is 0 Å². The second-order valence-electron chi connectivity index (χ2n) is 5.69. The molecule has 0 fully saturated rings. The van der Waals surface area contributed by atoms with Gasteiger partial charge in [-0.15, -0.1) is 0 Å². The number of carbonyl (C=O) groups is 1. The molecule has 0 spiro atoms. The number of aromatic nitrogens is 1. The van der Waals surface area contributed by atoms with E-state index >= 15 is 0 Å². The largest absolute Gasteiger partial charge is 0.416 e. The predicted molar refractivity (Wildman–Crippen MR) is 90.7 cm³/mol. The number of rotatable bonds is 6. The van der Waals surface area contributed by atoms with Gasteiger partial charge >= 0.3 is 6.18 Å². The number of hydrogen-bond donors (Lipinski definition) is 2. The monoisotopic (exact) mass is 352 g/mol. The Bertz CT molecular complexity index is 732. The summed E-state index contributed by atoms with van der Waals surface area (Å²) in [6, 6.07) is 7.74. The average molecular weight is 352 g/mol. The Morgan fingerprint density at radius 1 is 1.16 bits per heavy atom. The first-order valence-electron chi connectivity index (χ1n) is 7.59. The third-order valence-corrected chi connectivity index (χ3v) is 3.33. The molecule has 2 N–H and O–H groups in total. The van der Waals surface area contributed by atoms with Crippen molar-refractivity contribution >= 4 is 17.3 Å². The highest BCUT2D eigenvalue weighted by Crippen LogP contribution is 2.30. The molecule has 2 rings (SSSR count). The first-order chi connectivity index (χ1) is 11.8. The van der Waals surface area contributed by atoms with Crippen molar-refractivity contribution in [2.45, 2.75) is 6.18 Å². The van der Waals surface area contributed by atoms with Gasteiger partial charge in [-0.25, -0.2) is 0 Å². The van der Waals surface area contributed by atoms with Gasteiger partial charge in [-0.1, -0.05) is 6.07 Å². The minimum absolute atomic E-state index is 0.0626. The Morgan fingerprint density at radius 3 is 2.60 bits per heavy atom. The maximum absolute atomic E-state index is 12.7. The number of carbonyl (C=O) groups excluding carboxylic acids is 1. The van der Waals surface area contributed by atoms with Crippen LogP contribution in [-0.2, 0) is 6.18 Å². The van der Waals surface area contributed by atoms with Gasteiger partial charge in [0.15, 0.2) is 0 Å². The van der Waals surface area contributed by atoms with Gasteiger partial charge in [-0.05, 0) is 44.4 Å². The van der Waals surface area contributed by atoms with Crippen molar-refractivity contribution in [3.8, 4) is 0 Å². The lowest BCUT2D eigenvalue weighted by molar-refractivity contribution is -0.137. The van der Waals surface area contributed by atoms with E-state index in [0.29, 0.717) is 12.2 Å². The van der Waals surface area contributed by atoms with Crippen LogP contribution in [0.2, 0.25) is 0 Å². The van der Waals surface area contributed by atoms with Crippen molar-refractivity contribution in [3.63, 3.8) is 0 Å². The second-order valence-corrected chi connectivity index (χ2v) is 5.69. The lowest BCUT2D eigenvalue weighted by Gasteiger charge is -2.12. The number of anilines is 2. The Labute approximate surface area is 143 Å². The van der Waals surface area contributed by atoms with E-state index in [4.69, 9.17) is 0 Å². The van der Waals surface area contributed by atoms with E-state index < -0.39 is 17.6 Å². The minimum atomic E-state index is -4.46. The Kier molecular flexibility index (Phi) is 5.97. The number of amides is 1. The fourth-order valence-corrected chi connectivity index (χ4v) is 2.06. The molecule has 0 aliphatic carbocycles. The van der Waals surface area contributed by atoms with Gasteiger partial charge in [0.25, 0.3) is 5.91 Å². The molecule has 0 saturated carbocycles. The highest BCUT2D eigenvalue weighted by Gasteiger charge is 2.30. The van der Waals surface area contributed by atoms with Crippen molar-refractivity contribution in [1.29, 1.82) is 0 Å². The maximum Gasteiger partial charge on any atom is 0.416 e. The van der Waals surface area contributed by atoms with E-state index in [1.165, 1.54) is 18.3 Å². The molecule has 25 heavy (non-hydrogen) atoms. The highest BCUT2D eigenvalue weighted by atomic mass is 19.4. The van der Waals surface area contributed by atoms with Crippen molar-refractivity contribution in [2.24, 2.45) is 0 Å². The van der Waals surface area contributed by atoms with Crippen molar-refractivity contribution in [3.05, 3.63) is 53.9 Å². The third-order valence-electron chi connectivity index (χ3n) is 3.33. The zero-order chi connectivity index (χ0) is 18.4. The molecule has 1 aromatic carbocycles.